The predicted octanol–water partition coefficient (Wildman–Crippen LogP) is -1.18. The zero-order valence-corrected chi connectivity index (χ0v) is 13.4. The van der Waals surface area contributed by atoms with Crippen molar-refractivity contribution < 1.29 is 20.1 Å². The number of aromatic nitrogens is 4. The van der Waals surface area contributed by atoms with Gasteiger partial charge in [-0.15, -0.1) is 5.92 Å². The zero-order chi connectivity index (χ0) is 17.6. The van der Waals surface area contributed by atoms with E-state index in [0.717, 1.165) is 0 Å². The van der Waals surface area contributed by atoms with E-state index in [0.29, 0.717) is 5.82 Å². The third kappa shape index (κ3) is 2.32. The zero-order valence-electron chi connectivity index (χ0n) is 13.4. The summed E-state index contributed by atoms with van der Waals surface area (Å²) in [6, 6.07) is 0. The number of nitrogens with zero attached hydrogens (tertiary/aromatic N) is 3. The van der Waals surface area contributed by atoms with Crippen LogP contribution in [0, 0.1) is 18.8 Å². The molecule has 3 heterocycles. The molecule has 0 aliphatic carbocycles. The summed E-state index contributed by atoms with van der Waals surface area (Å²) in [7, 11) is 0. The smallest absolute Gasteiger partial charge is 0.279 e. The van der Waals surface area contributed by atoms with Gasteiger partial charge in [-0.2, -0.15) is 0 Å². The van der Waals surface area contributed by atoms with E-state index >= 15 is 0 Å². The molecule has 1 aliphatic heterocycles. The fraction of sp³-hybridized carbons (Fsp3) is 0.533. The van der Waals surface area contributed by atoms with Crippen LogP contribution in [0.2, 0.25) is 0 Å². The normalized spacial score (nSPS) is 31.0. The van der Waals surface area contributed by atoms with Crippen LogP contribution >= 0.6 is 0 Å². The molecule has 1 fully saturated rings. The Morgan fingerprint density at radius 2 is 2.25 bits per heavy atom. The van der Waals surface area contributed by atoms with Crippen LogP contribution in [0.3, 0.4) is 0 Å². The first-order chi connectivity index (χ1) is 11.3. The molecule has 1 unspecified atom stereocenters. The molecule has 5 atom stereocenters. The first-order valence-corrected chi connectivity index (χ1v) is 7.41. The van der Waals surface area contributed by atoms with Gasteiger partial charge in [-0.1, -0.05) is 5.92 Å². The molecule has 0 spiro atoms. The number of fused-ring (bicyclic) bond motifs is 1. The van der Waals surface area contributed by atoms with E-state index in [1.807, 2.05) is 0 Å². The molecule has 0 bridgehead atoms. The largest absolute Gasteiger partial charge is 0.391 e. The Labute approximate surface area is 136 Å². The van der Waals surface area contributed by atoms with Crippen molar-refractivity contribution in [2.75, 3.05) is 0 Å². The first kappa shape index (κ1) is 16.6. The molecular weight excluding hydrogens is 316 g/mol. The Kier molecular flexibility index (Phi) is 3.93. The Bertz CT molecular complexity index is 893. The maximum absolute atomic E-state index is 12.0. The molecule has 0 aromatic carbocycles. The highest BCUT2D eigenvalue weighted by atomic mass is 16.6. The number of aryl methyl sites for hydroxylation is 1. The summed E-state index contributed by atoms with van der Waals surface area (Å²) in [6.07, 6.45) is -3.44. The molecular formula is C15H18N4O5. The van der Waals surface area contributed by atoms with Crippen molar-refractivity contribution in [3.8, 4) is 11.8 Å². The van der Waals surface area contributed by atoms with Crippen molar-refractivity contribution in [2.45, 2.75) is 50.9 Å². The summed E-state index contributed by atoms with van der Waals surface area (Å²) in [6.45, 7) is 4.56. The third-order valence-electron chi connectivity index (χ3n) is 4.03. The van der Waals surface area contributed by atoms with Crippen LogP contribution in [0.4, 0.5) is 0 Å². The lowest BCUT2D eigenvalue weighted by Crippen LogP contribution is -2.47. The molecule has 9 nitrogen and oxygen atoms in total. The molecule has 0 saturated carbocycles. The molecule has 4 N–H and O–H groups in total. The minimum Gasteiger partial charge on any atom is -0.391 e. The number of ether oxygens (including phenoxy) is 1. The van der Waals surface area contributed by atoms with Gasteiger partial charge < -0.3 is 25.0 Å². The van der Waals surface area contributed by atoms with E-state index in [9.17, 15) is 20.1 Å². The summed E-state index contributed by atoms with van der Waals surface area (Å²) in [5.41, 5.74) is -2.14. The van der Waals surface area contributed by atoms with Gasteiger partial charge in [0.05, 0.1) is 12.4 Å². The molecule has 9 heteroatoms. The lowest BCUT2D eigenvalue weighted by molar-refractivity contribution is -0.0847. The highest BCUT2D eigenvalue weighted by Gasteiger charge is 2.57. The average molecular weight is 334 g/mol. The van der Waals surface area contributed by atoms with Gasteiger partial charge in [0.25, 0.3) is 5.56 Å². The summed E-state index contributed by atoms with van der Waals surface area (Å²) in [5, 5.41) is 31.1. The number of hydrogen-bond donors (Lipinski definition) is 4. The number of nitrogens with one attached hydrogen (secondary N) is 1. The maximum atomic E-state index is 12.0. The van der Waals surface area contributed by atoms with Gasteiger partial charge in [-0.05, 0) is 20.8 Å². The van der Waals surface area contributed by atoms with Gasteiger partial charge in [0.2, 0.25) is 0 Å². The van der Waals surface area contributed by atoms with Gasteiger partial charge >= 0.3 is 0 Å². The van der Waals surface area contributed by atoms with Crippen molar-refractivity contribution in [1.29, 1.82) is 0 Å². The number of H-pyrrole nitrogens is 1. The minimum absolute atomic E-state index is 0.0750. The molecule has 1 aliphatic rings. The van der Waals surface area contributed by atoms with Gasteiger partial charge in [-0.3, -0.25) is 9.36 Å². The topological polar surface area (TPSA) is 133 Å². The van der Waals surface area contributed by atoms with E-state index in [-0.39, 0.29) is 11.2 Å². The average Bonchev–Trinajstić information content (AvgIpc) is 3.00. The third-order valence-corrected chi connectivity index (χ3v) is 4.03. The summed E-state index contributed by atoms with van der Waals surface area (Å²) < 4.78 is 6.99. The van der Waals surface area contributed by atoms with E-state index < -0.39 is 35.7 Å². The second kappa shape index (κ2) is 5.68. The van der Waals surface area contributed by atoms with Gasteiger partial charge in [-0.25, -0.2) is 9.97 Å². The molecule has 2 aromatic heterocycles. The Hall–Kier alpha value is -2.25. The Morgan fingerprint density at radius 3 is 2.88 bits per heavy atom. The maximum Gasteiger partial charge on any atom is 0.279 e. The Balaban J connectivity index is 2.20. The number of rotatable bonds is 2. The molecule has 24 heavy (non-hydrogen) atoms. The van der Waals surface area contributed by atoms with E-state index in [2.05, 4.69) is 26.8 Å². The molecule has 128 valence electrons. The SMILES string of the molecule is CC#CC1(O)[C@@H](O)[C@@H]([C@H](C)O)O[C@H]1n1cnc2c(=O)[nH]c(C)nc21. The second-order valence-corrected chi connectivity index (χ2v) is 5.81. The number of aliphatic hydroxyl groups is 3. The predicted molar refractivity (Wildman–Crippen MR) is 82.9 cm³/mol. The minimum atomic E-state index is -1.98. The lowest BCUT2D eigenvalue weighted by Gasteiger charge is -2.26. The van der Waals surface area contributed by atoms with E-state index in [1.165, 1.54) is 24.7 Å². The standard InChI is InChI=1S/C15H18N4O5/c1-4-5-15(23)11(21)10(7(2)20)24-14(15)19-6-16-9-12(19)17-8(3)18-13(9)22/h6-7,10-11,14,20-21,23H,1-3H3,(H,17,18,22)/t7-,10+,11-,14+,15?/m0/s1. The number of aromatic amines is 1. The van der Waals surface area contributed by atoms with Gasteiger partial charge in [0.1, 0.15) is 18.0 Å². The van der Waals surface area contributed by atoms with Crippen molar-refractivity contribution in [2.24, 2.45) is 0 Å². The molecule has 2 aromatic rings. The van der Waals surface area contributed by atoms with E-state index in [1.54, 1.807) is 6.92 Å². The highest BCUT2D eigenvalue weighted by Crippen LogP contribution is 2.40. The van der Waals surface area contributed by atoms with Crippen LogP contribution in [-0.4, -0.2) is 58.8 Å². The molecule has 3 rings (SSSR count). The van der Waals surface area contributed by atoms with Crippen molar-refractivity contribution >= 4 is 11.2 Å². The fourth-order valence-corrected chi connectivity index (χ4v) is 2.92. The van der Waals surface area contributed by atoms with E-state index in [4.69, 9.17) is 4.74 Å². The fourth-order valence-electron chi connectivity index (χ4n) is 2.92. The number of imidazole rings is 1. The molecule has 1 saturated heterocycles. The quantitative estimate of drug-likeness (QED) is 0.508. The molecule has 0 amide bonds. The molecule has 0 radical (unpaired) electrons. The Morgan fingerprint density at radius 1 is 1.54 bits per heavy atom. The van der Waals surface area contributed by atoms with Crippen LogP contribution < -0.4 is 5.56 Å². The van der Waals surface area contributed by atoms with Crippen LogP contribution in [-0.2, 0) is 4.74 Å². The van der Waals surface area contributed by atoms with Gasteiger partial charge in [0.15, 0.2) is 23.0 Å². The monoisotopic (exact) mass is 334 g/mol. The van der Waals surface area contributed by atoms with Crippen LogP contribution in [0.25, 0.3) is 11.2 Å². The van der Waals surface area contributed by atoms with Crippen molar-refractivity contribution in [3.63, 3.8) is 0 Å². The summed E-state index contributed by atoms with van der Waals surface area (Å²) >= 11 is 0. The first-order valence-electron chi connectivity index (χ1n) is 7.41. The van der Waals surface area contributed by atoms with Gasteiger partial charge in [0, 0.05) is 0 Å². The van der Waals surface area contributed by atoms with Crippen molar-refractivity contribution in [1.82, 2.24) is 19.5 Å². The second-order valence-electron chi connectivity index (χ2n) is 5.81. The summed E-state index contributed by atoms with van der Waals surface area (Å²) in [5.74, 6) is 5.47. The lowest BCUT2D eigenvalue weighted by atomic mass is 9.93. The number of hydrogen-bond acceptors (Lipinski definition) is 7. The van der Waals surface area contributed by atoms with Crippen molar-refractivity contribution in [3.05, 3.63) is 22.5 Å². The van der Waals surface area contributed by atoms with Crippen LogP contribution in [0.5, 0.6) is 0 Å². The highest BCUT2D eigenvalue weighted by molar-refractivity contribution is 5.69. The van der Waals surface area contributed by atoms with Crippen LogP contribution in [0.1, 0.15) is 25.9 Å². The van der Waals surface area contributed by atoms with Crippen LogP contribution in [0.15, 0.2) is 11.1 Å². The summed E-state index contributed by atoms with van der Waals surface area (Å²) in [4.78, 5) is 22.7. The number of aliphatic hydroxyl groups excluding tert-OH is 2.